The van der Waals surface area contributed by atoms with Gasteiger partial charge in [-0.1, -0.05) is 24.0 Å². The molecule has 1 rings (SSSR count). The minimum atomic E-state index is 0.580. The van der Waals surface area contributed by atoms with Gasteiger partial charge in [0.2, 0.25) is 0 Å². The molecule has 0 aromatic carbocycles. The Morgan fingerprint density at radius 3 is 2.67 bits per heavy atom. The lowest BCUT2D eigenvalue weighted by Crippen LogP contribution is -2.21. The van der Waals surface area contributed by atoms with Gasteiger partial charge in [0.25, 0.3) is 0 Å². The standard InChI is InChI=1S/C8H16N2S2/c9-8(11)12-7-3-6-10-4-1-2-5-10/h1-7H2,(H2,9,11). The first-order chi connectivity index (χ1) is 5.79. The van der Waals surface area contributed by atoms with E-state index in [-0.39, 0.29) is 0 Å². The van der Waals surface area contributed by atoms with Gasteiger partial charge < -0.3 is 10.6 Å². The van der Waals surface area contributed by atoms with E-state index in [1.165, 1.54) is 38.9 Å². The fourth-order valence-electron chi connectivity index (χ4n) is 1.47. The van der Waals surface area contributed by atoms with E-state index >= 15 is 0 Å². The van der Waals surface area contributed by atoms with E-state index in [1.807, 2.05) is 0 Å². The summed E-state index contributed by atoms with van der Waals surface area (Å²) in [4.78, 5) is 2.51. The van der Waals surface area contributed by atoms with Crippen molar-refractivity contribution in [1.82, 2.24) is 4.90 Å². The van der Waals surface area contributed by atoms with Crippen LogP contribution in [0.3, 0.4) is 0 Å². The van der Waals surface area contributed by atoms with Crippen LogP contribution in [-0.2, 0) is 0 Å². The molecule has 0 radical (unpaired) electrons. The van der Waals surface area contributed by atoms with Crippen molar-refractivity contribution in [3.8, 4) is 0 Å². The summed E-state index contributed by atoms with van der Waals surface area (Å²) in [6.45, 7) is 3.80. The molecule has 70 valence electrons. The zero-order chi connectivity index (χ0) is 8.81. The molecule has 0 saturated carbocycles. The van der Waals surface area contributed by atoms with Crippen LogP contribution in [-0.4, -0.2) is 34.6 Å². The van der Waals surface area contributed by atoms with E-state index in [0.29, 0.717) is 4.32 Å². The van der Waals surface area contributed by atoms with Gasteiger partial charge in [-0.05, 0) is 38.9 Å². The normalized spacial score (nSPS) is 18.3. The van der Waals surface area contributed by atoms with Crippen LogP contribution in [0.15, 0.2) is 0 Å². The van der Waals surface area contributed by atoms with Crippen molar-refractivity contribution in [2.45, 2.75) is 19.3 Å². The highest BCUT2D eigenvalue weighted by atomic mass is 32.2. The van der Waals surface area contributed by atoms with Crippen molar-refractivity contribution in [1.29, 1.82) is 0 Å². The van der Waals surface area contributed by atoms with Gasteiger partial charge in [-0.15, -0.1) is 0 Å². The highest BCUT2D eigenvalue weighted by molar-refractivity contribution is 8.22. The minimum absolute atomic E-state index is 0.580. The van der Waals surface area contributed by atoms with Gasteiger partial charge in [-0.3, -0.25) is 0 Å². The van der Waals surface area contributed by atoms with E-state index in [4.69, 9.17) is 18.0 Å². The lowest BCUT2D eigenvalue weighted by atomic mass is 10.4. The molecule has 0 aromatic heterocycles. The van der Waals surface area contributed by atoms with Crippen LogP contribution >= 0.6 is 24.0 Å². The minimum Gasteiger partial charge on any atom is -0.385 e. The zero-order valence-electron chi connectivity index (χ0n) is 7.29. The Balaban J connectivity index is 1.91. The molecule has 0 unspecified atom stereocenters. The summed E-state index contributed by atoms with van der Waals surface area (Å²) in [6.07, 6.45) is 3.97. The molecule has 4 heteroatoms. The van der Waals surface area contributed by atoms with Crippen LogP contribution in [0.5, 0.6) is 0 Å². The smallest absolute Gasteiger partial charge is 0.131 e. The number of nitrogens with two attached hydrogens (primary N) is 1. The molecular weight excluding hydrogens is 188 g/mol. The first kappa shape index (κ1) is 10.3. The van der Waals surface area contributed by atoms with Gasteiger partial charge in [0.1, 0.15) is 4.32 Å². The molecule has 2 N–H and O–H groups in total. The number of likely N-dealkylation sites (tertiary alicyclic amines) is 1. The monoisotopic (exact) mass is 204 g/mol. The second-order valence-corrected chi connectivity index (χ2v) is 4.90. The van der Waals surface area contributed by atoms with Crippen LogP contribution in [0.25, 0.3) is 0 Å². The van der Waals surface area contributed by atoms with Crippen LogP contribution in [0.1, 0.15) is 19.3 Å². The molecule has 2 nitrogen and oxygen atoms in total. The summed E-state index contributed by atoms with van der Waals surface area (Å²) >= 11 is 6.37. The highest BCUT2D eigenvalue weighted by Gasteiger charge is 2.09. The van der Waals surface area contributed by atoms with Crippen LogP contribution in [0, 0.1) is 0 Å². The molecule has 1 heterocycles. The zero-order valence-corrected chi connectivity index (χ0v) is 8.92. The Morgan fingerprint density at radius 1 is 1.42 bits per heavy atom. The molecule has 0 amide bonds. The topological polar surface area (TPSA) is 29.3 Å². The fourth-order valence-corrected chi connectivity index (χ4v) is 2.19. The maximum Gasteiger partial charge on any atom is 0.131 e. The second-order valence-electron chi connectivity index (χ2n) is 3.07. The maximum absolute atomic E-state index is 5.37. The van der Waals surface area contributed by atoms with Gasteiger partial charge in [0.15, 0.2) is 0 Å². The third-order valence-electron chi connectivity index (χ3n) is 2.06. The van der Waals surface area contributed by atoms with Crippen LogP contribution < -0.4 is 5.73 Å². The first-order valence-corrected chi connectivity index (χ1v) is 5.83. The van der Waals surface area contributed by atoms with Gasteiger partial charge in [-0.25, -0.2) is 0 Å². The Bertz CT molecular complexity index is 144. The van der Waals surface area contributed by atoms with Gasteiger partial charge in [0.05, 0.1) is 0 Å². The molecule has 0 bridgehead atoms. The van der Waals surface area contributed by atoms with E-state index in [2.05, 4.69) is 4.90 Å². The number of thioether (sulfide) groups is 1. The summed E-state index contributed by atoms with van der Waals surface area (Å²) in [5.74, 6) is 1.08. The number of hydrogen-bond donors (Lipinski definition) is 1. The number of thiocarbonyl (C=S) groups is 1. The van der Waals surface area contributed by atoms with Crippen molar-refractivity contribution in [2.75, 3.05) is 25.4 Å². The summed E-state index contributed by atoms with van der Waals surface area (Å²) in [7, 11) is 0. The van der Waals surface area contributed by atoms with E-state index in [0.717, 1.165) is 5.75 Å². The van der Waals surface area contributed by atoms with Crippen molar-refractivity contribution < 1.29 is 0 Å². The largest absolute Gasteiger partial charge is 0.385 e. The van der Waals surface area contributed by atoms with E-state index in [1.54, 1.807) is 11.8 Å². The molecule has 1 saturated heterocycles. The predicted molar refractivity (Wildman–Crippen MR) is 59.5 cm³/mol. The van der Waals surface area contributed by atoms with Gasteiger partial charge in [-0.2, -0.15) is 0 Å². The van der Waals surface area contributed by atoms with Crippen LogP contribution in [0.4, 0.5) is 0 Å². The Hall–Kier alpha value is 0.200. The van der Waals surface area contributed by atoms with Gasteiger partial charge in [0, 0.05) is 5.75 Å². The average molecular weight is 204 g/mol. The van der Waals surface area contributed by atoms with Crippen molar-refractivity contribution in [3.63, 3.8) is 0 Å². The molecular formula is C8H16N2S2. The SMILES string of the molecule is NC(=S)SCCCN1CCCC1. The average Bonchev–Trinajstić information content (AvgIpc) is 2.49. The lowest BCUT2D eigenvalue weighted by Gasteiger charge is -2.13. The number of nitrogens with zero attached hydrogens (tertiary/aromatic N) is 1. The third kappa shape index (κ3) is 4.28. The maximum atomic E-state index is 5.37. The molecule has 0 aliphatic carbocycles. The number of hydrogen-bond acceptors (Lipinski definition) is 3. The molecule has 1 fully saturated rings. The Kier molecular flexibility index (Phi) is 4.95. The molecule has 0 spiro atoms. The third-order valence-corrected chi connectivity index (χ3v) is 3.19. The van der Waals surface area contributed by atoms with E-state index in [9.17, 15) is 0 Å². The molecule has 12 heavy (non-hydrogen) atoms. The quantitative estimate of drug-likeness (QED) is 0.554. The highest BCUT2D eigenvalue weighted by Crippen LogP contribution is 2.09. The lowest BCUT2D eigenvalue weighted by molar-refractivity contribution is 0.341. The van der Waals surface area contributed by atoms with Crippen molar-refractivity contribution >= 4 is 28.3 Å². The Morgan fingerprint density at radius 2 is 2.08 bits per heavy atom. The van der Waals surface area contributed by atoms with Crippen molar-refractivity contribution in [2.24, 2.45) is 5.73 Å². The summed E-state index contributed by atoms with van der Waals surface area (Å²) in [5.41, 5.74) is 5.37. The summed E-state index contributed by atoms with van der Waals surface area (Å²) in [5, 5.41) is 0. The van der Waals surface area contributed by atoms with Gasteiger partial charge >= 0.3 is 0 Å². The summed E-state index contributed by atoms with van der Waals surface area (Å²) < 4.78 is 0.580. The summed E-state index contributed by atoms with van der Waals surface area (Å²) in [6, 6.07) is 0. The second kappa shape index (κ2) is 5.78. The predicted octanol–water partition coefficient (Wildman–Crippen LogP) is 1.45. The van der Waals surface area contributed by atoms with Crippen molar-refractivity contribution in [3.05, 3.63) is 0 Å². The number of rotatable bonds is 4. The van der Waals surface area contributed by atoms with Crippen LogP contribution in [0.2, 0.25) is 0 Å². The molecule has 1 aliphatic heterocycles. The fraction of sp³-hybridized carbons (Fsp3) is 0.875. The molecule has 1 aliphatic rings. The molecule has 0 aromatic rings. The first-order valence-electron chi connectivity index (χ1n) is 4.43. The molecule has 0 atom stereocenters. The van der Waals surface area contributed by atoms with E-state index < -0.39 is 0 Å². The Labute approximate surface area is 83.9 Å².